The van der Waals surface area contributed by atoms with Crippen molar-refractivity contribution >= 4 is 17.5 Å². The number of carboxylic acids is 1. The highest BCUT2D eigenvalue weighted by Gasteiger charge is 2.54. The summed E-state index contributed by atoms with van der Waals surface area (Å²) in [5, 5.41) is 28.9. The lowest BCUT2D eigenvalue weighted by Crippen LogP contribution is -2.61. The standard InChI is InChI=1S/C13H14O6/c1-8(14)12(18)6-5-10(3-4-11(16)17)7-13(12,19)9(2)15/h3-7,18-19H,1-2H3,(H,16,17). The lowest BCUT2D eigenvalue weighted by atomic mass is 9.73. The van der Waals surface area contributed by atoms with Gasteiger partial charge in [0.25, 0.3) is 0 Å². The molecule has 1 rings (SSSR count). The van der Waals surface area contributed by atoms with Crippen molar-refractivity contribution in [1.29, 1.82) is 0 Å². The van der Waals surface area contributed by atoms with Crippen LogP contribution in [0.2, 0.25) is 0 Å². The first-order valence-electron chi connectivity index (χ1n) is 5.43. The van der Waals surface area contributed by atoms with Crippen LogP contribution in [-0.2, 0) is 14.4 Å². The molecule has 6 nitrogen and oxygen atoms in total. The molecule has 0 aromatic rings. The van der Waals surface area contributed by atoms with E-state index >= 15 is 0 Å². The molecule has 6 heteroatoms. The molecule has 0 aliphatic heterocycles. The molecule has 1 aliphatic carbocycles. The van der Waals surface area contributed by atoms with Crippen LogP contribution >= 0.6 is 0 Å². The van der Waals surface area contributed by atoms with Crippen LogP contribution in [0.15, 0.2) is 36.0 Å². The second-order valence-electron chi connectivity index (χ2n) is 4.29. The first-order chi connectivity index (χ1) is 8.63. The van der Waals surface area contributed by atoms with E-state index in [9.17, 15) is 24.6 Å². The van der Waals surface area contributed by atoms with Gasteiger partial charge in [0.15, 0.2) is 22.8 Å². The molecule has 3 N–H and O–H groups in total. The van der Waals surface area contributed by atoms with Crippen molar-refractivity contribution < 1.29 is 29.7 Å². The zero-order valence-electron chi connectivity index (χ0n) is 10.5. The second-order valence-corrected chi connectivity index (χ2v) is 4.29. The molecule has 102 valence electrons. The number of Topliss-reactive ketones (excluding diaryl/α,β-unsaturated/α-hetero) is 2. The SMILES string of the molecule is CC(=O)C1(O)C=CC(C=CC(=O)O)=CC1(O)C(C)=O. The van der Waals surface area contributed by atoms with Crippen LogP contribution in [-0.4, -0.2) is 44.1 Å². The van der Waals surface area contributed by atoms with Gasteiger partial charge in [-0.15, -0.1) is 0 Å². The van der Waals surface area contributed by atoms with E-state index in [2.05, 4.69) is 0 Å². The summed E-state index contributed by atoms with van der Waals surface area (Å²) in [4.78, 5) is 33.4. The van der Waals surface area contributed by atoms with Crippen LogP contribution in [0.1, 0.15) is 13.8 Å². The second kappa shape index (κ2) is 4.91. The number of ketones is 2. The van der Waals surface area contributed by atoms with Gasteiger partial charge in [-0.05, 0) is 37.6 Å². The van der Waals surface area contributed by atoms with E-state index in [1.807, 2.05) is 0 Å². The zero-order valence-corrected chi connectivity index (χ0v) is 10.5. The monoisotopic (exact) mass is 266 g/mol. The Labute approximate surface area is 109 Å². The molecule has 19 heavy (non-hydrogen) atoms. The minimum absolute atomic E-state index is 0.200. The van der Waals surface area contributed by atoms with E-state index in [1.165, 1.54) is 6.08 Å². The number of hydrogen-bond donors (Lipinski definition) is 3. The fourth-order valence-corrected chi connectivity index (χ4v) is 1.77. The van der Waals surface area contributed by atoms with Gasteiger partial charge >= 0.3 is 5.97 Å². The number of allylic oxidation sites excluding steroid dienone is 3. The molecule has 2 unspecified atom stereocenters. The first-order valence-corrected chi connectivity index (χ1v) is 5.43. The number of aliphatic hydroxyl groups is 2. The molecule has 0 heterocycles. The summed E-state index contributed by atoms with van der Waals surface area (Å²) < 4.78 is 0. The maximum Gasteiger partial charge on any atom is 0.328 e. The van der Waals surface area contributed by atoms with Crippen LogP contribution in [0.3, 0.4) is 0 Å². The van der Waals surface area contributed by atoms with Gasteiger partial charge in [-0.25, -0.2) is 4.79 Å². The highest BCUT2D eigenvalue weighted by Crippen LogP contribution is 2.33. The molecule has 0 saturated carbocycles. The van der Waals surface area contributed by atoms with Gasteiger partial charge in [0.05, 0.1) is 0 Å². The molecular formula is C13H14O6. The van der Waals surface area contributed by atoms with Crippen LogP contribution in [0, 0.1) is 0 Å². The van der Waals surface area contributed by atoms with Crippen LogP contribution in [0.5, 0.6) is 0 Å². The molecule has 0 amide bonds. The summed E-state index contributed by atoms with van der Waals surface area (Å²) in [5.41, 5.74) is -4.56. The van der Waals surface area contributed by atoms with Crippen LogP contribution < -0.4 is 0 Å². The number of carbonyl (C=O) groups excluding carboxylic acids is 2. The largest absolute Gasteiger partial charge is 0.478 e. The summed E-state index contributed by atoms with van der Waals surface area (Å²) >= 11 is 0. The summed E-state index contributed by atoms with van der Waals surface area (Å²) in [7, 11) is 0. The van der Waals surface area contributed by atoms with Crippen molar-refractivity contribution in [3.05, 3.63) is 36.0 Å². The molecule has 0 aromatic heterocycles. The van der Waals surface area contributed by atoms with Gasteiger partial charge < -0.3 is 15.3 Å². The van der Waals surface area contributed by atoms with Crippen LogP contribution in [0.4, 0.5) is 0 Å². The highest BCUT2D eigenvalue weighted by molar-refractivity contribution is 6.01. The Hall–Kier alpha value is -2.05. The van der Waals surface area contributed by atoms with E-state index in [-0.39, 0.29) is 5.57 Å². The topological polar surface area (TPSA) is 112 Å². The fraction of sp³-hybridized carbons (Fsp3) is 0.308. The average Bonchev–Trinajstić information content (AvgIpc) is 2.30. The lowest BCUT2D eigenvalue weighted by Gasteiger charge is -2.38. The van der Waals surface area contributed by atoms with E-state index in [1.54, 1.807) is 0 Å². The van der Waals surface area contributed by atoms with Crippen molar-refractivity contribution in [3.8, 4) is 0 Å². The van der Waals surface area contributed by atoms with Gasteiger partial charge in [0.1, 0.15) is 0 Å². The summed E-state index contributed by atoms with van der Waals surface area (Å²) in [6, 6.07) is 0. The Bertz CT molecular complexity index is 527. The number of aliphatic carboxylic acids is 1. The Kier molecular flexibility index (Phi) is 3.88. The fourth-order valence-electron chi connectivity index (χ4n) is 1.77. The van der Waals surface area contributed by atoms with Gasteiger partial charge in [-0.1, -0.05) is 6.08 Å². The van der Waals surface area contributed by atoms with Crippen molar-refractivity contribution in [1.82, 2.24) is 0 Å². The van der Waals surface area contributed by atoms with Gasteiger partial charge in [-0.2, -0.15) is 0 Å². The Morgan fingerprint density at radius 2 is 1.63 bits per heavy atom. The molecular weight excluding hydrogens is 252 g/mol. The predicted molar refractivity (Wildman–Crippen MR) is 65.3 cm³/mol. The molecule has 0 fully saturated rings. The van der Waals surface area contributed by atoms with Crippen molar-refractivity contribution in [2.24, 2.45) is 0 Å². The molecule has 0 aromatic carbocycles. The number of carbonyl (C=O) groups is 3. The normalized spacial score (nSPS) is 30.2. The lowest BCUT2D eigenvalue weighted by molar-refractivity contribution is -0.162. The zero-order chi connectivity index (χ0) is 14.8. The highest BCUT2D eigenvalue weighted by atomic mass is 16.4. The molecule has 0 radical (unpaired) electrons. The molecule has 1 aliphatic rings. The third kappa shape index (κ3) is 2.54. The van der Waals surface area contributed by atoms with Crippen LogP contribution in [0.25, 0.3) is 0 Å². The van der Waals surface area contributed by atoms with Gasteiger partial charge in [0, 0.05) is 6.08 Å². The van der Waals surface area contributed by atoms with Crippen molar-refractivity contribution in [2.45, 2.75) is 25.0 Å². The van der Waals surface area contributed by atoms with E-state index in [4.69, 9.17) is 5.11 Å². The third-order valence-corrected chi connectivity index (χ3v) is 2.97. The average molecular weight is 266 g/mol. The maximum absolute atomic E-state index is 11.5. The van der Waals surface area contributed by atoms with Gasteiger partial charge in [-0.3, -0.25) is 9.59 Å². The van der Waals surface area contributed by atoms with Crippen molar-refractivity contribution in [3.63, 3.8) is 0 Å². The minimum Gasteiger partial charge on any atom is -0.478 e. The van der Waals surface area contributed by atoms with Crippen molar-refractivity contribution in [2.75, 3.05) is 0 Å². The summed E-state index contributed by atoms with van der Waals surface area (Å²) in [6.45, 7) is 2.08. The number of carboxylic acid groups (broad SMARTS) is 1. The third-order valence-electron chi connectivity index (χ3n) is 2.97. The Morgan fingerprint density at radius 3 is 2.05 bits per heavy atom. The predicted octanol–water partition coefficient (Wildman–Crippen LogP) is -0.236. The van der Waals surface area contributed by atoms with E-state index in [0.29, 0.717) is 0 Å². The molecule has 0 bridgehead atoms. The Morgan fingerprint density at radius 1 is 1.11 bits per heavy atom. The quantitative estimate of drug-likeness (QED) is 0.606. The molecule has 0 saturated heterocycles. The number of rotatable bonds is 4. The Balaban J connectivity index is 3.32. The van der Waals surface area contributed by atoms with E-state index < -0.39 is 28.7 Å². The summed E-state index contributed by atoms with van der Waals surface area (Å²) in [5.74, 6) is -2.82. The molecule has 2 atom stereocenters. The van der Waals surface area contributed by atoms with E-state index in [0.717, 1.165) is 38.2 Å². The smallest absolute Gasteiger partial charge is 0.328 e. The first kappa shape index (κ1) is 15.0. The maximum atomic E-state index is 11.5. The summed E-state index contributed by atoms with van der Waals surface area (Å²) in [6.07, 6.45) is 5.17. The van der Waals surface area contributed by atoms with Gasteiger partial charge in [0.2, 0.25) is 0 Å². The number of hydrogen-bond acceptors (Lipinski definition) is 5. The molecule has 0 spiro atoms. The minimum atomic E-state index is -2.41.